The van der Waals surface area contributed by atoms with Gasteiger partial charge in [-0.1, -0.05) is 27.5 Å². The average Bonchev–Trinajstić information content (AvgIpc) is 2.54. The van der Waals surface area contributed by atoms with E-state index < -0.39 is 0 Å². The molecule has 0 radical (unpaired) electrons. The summed E-state index contributed by atoms with van der Waals surface area (Å²) in [5.41, 5.74) is 2.60. The second-order valence-electron chi connectivity index (χ2n) is 4.55. The monoisotopic (exact) mass is 316 g/mol. The maximum absolute atomic E-state index is 6.04. The van der Waals surface area contributed by atoms with Crippen LogP contribution in [0.4, 0.5) is 5.69 Å². The second-order valence-corrected chi connectivity index (χ2v) is 5.55. The third-order valence-electron chi connectivity index (χ3n) is 3.25. The highest BCUT2D eigenvalue weighted by Gasteiger charge is 2.15. The third-order valence-corrected chi connectivity index (χ3v) is 4.08. The molecule has 1 aliphatic rings. The predicted molar refractivity (Wildman–Crippen MR) is 78.4 cm³/mol. The van der Waals surface area contributed by atoms with Crippen LogP contribution in [0.5, 0.6) is 0 Å². The fourth-order valence-corrected chi connectivity index (χ4v) is 2.90. The van der Waals surface area contributed by atoms with E-state index in [1.54, 1.807) is 0 Å². The lowest BCUT2D eigenvalue weighted by atomic mass is 10.1. The van der Waals surface area contributed by atoms with Crippen LogP contribution in [0.1, 0.15) is 12.0 Å². The standard InChI is InChI=1S/C13H18BrClN2/c1-16-5-2-6-17(8-7-16)13-4-3-12(15)9-11(13)10-14/h3-4,9H,2,5-8,10H2,1H3. The molecule has 94 valence electrons. The largest absolute Gasteiger partial charge is 0.370 e. The molecule has 0 aliphatic carbocycles. The molecule has 17 heavy (non-hydrogen) atoms. The first-order valence-corrected chi connectivity index (χ1v) is 7.48. The number of likely N-dealkylation sites (N-methyl/N-ethyl adjacent to an activating group) is 1. The van der Waals surface area contributed by atoms with Gasteiger partial charge in [-0.2, -0.15) is 0 Å². The van der Waals surface area contributed by atoms with Crippen LogP contribution in [-0.4, -0.2) is 38.1 Å². The molecule has 0 atom stereocenters. The van der Waals surface area contributed by atoms with Crippen molar-refractivity contribution in [2.75, 3.05) is 38.1 Å². The van der Waals surface area contributed by atoms with E-state index in [1.807, 2.05) is 6.07 Å². The number of halogens is 2. The Morgan fingerprint density at radius 2 is 2.06 bits per heavy atom. The summed E-state index contributed by atoms with van der Waals surface area (Å²) in [7, 11) is 2.19. The lowest BCUT2D eigenvalue weighted by Gasteiger charge is -2.25. The van der Waals surface area contributed by atoms with Gasteiger partial charge in [-0.25, -0.2) is 0 Å². The van der Waals surface area contributed by atoms with E-state index in [9.17, 15) is 0 Å². The molecule has 2 nitrogen and oxygen atoms in total. The first-order chi connectivity index (χ1) is 8.20. The van der Waals surface area contributed by atoms with Gasteiger partial charge in [0.25, 0.3) is 0 Å². The fourth-order valence-electron chi connectivity index (χ4n) is 2.26. The highest BCUT2D eigenvalue weighted by molar-refractivity contribution is 9.08. The van der Waals surface area contributed by atoms with Crippen LogP contribution >= 0.6 is 27.5 Å². The Labute approximate surface area is 117 Å². The summed E-state index contributed by atoms with van der Waals surface area (Å²) in [5, 5.41) is 1.67. The van der Waals surface area contributed by atoms with Crippen molar-refractivity contribution in [1.29, 1.82) is 0 Å². The van der Waals surface area contributed by atoms with Gasteiger partial charge in [-0.05, 0) is 43.8 Å². The van der Waals surface area contributed by atoms with E-state index in [0.29, 0.717) is 0 Å². The van der Waals surface area contributed by atoms with E-state index in [0.717, 1.165) is 30.0 Å². The van der Waals surface area contributed by atoms with Crippen molar-refractivity contribution in [1.82, 2.24) is 4.90 Å². The summed E-state index contributed by atoms with van der Waals surface area (Å²) in [4.78, 5) is 4.86. The van der Waals surface area contributed by atoms with Crippen molar-refractivity contribution in [3.05, 3.63) is 28.8 Å². The SMILES string of the molecule is CN1CCCN(c2ccc(Cl)cc2CBr)CC1. The van der Waals surface area contributed by atoms with Crippen molar-refractivity contribution in [2.45, 2.75) is 11.8 Å². The zero-order chi connectivity index (χ0) is 12.3. The number of alkyl halides is 1. The predicted octanol–water partition coefficient (Wildman–Crippen LogP) is 3.38. The third kappa shape index (κ3) is 3.36. The number of anilines is 1. The lowest BCUT2D eigenvalue weighted by molar-refractivity contribution is 0.360. The average molecular weight is 318 g/mol. The molecule has 1 aliphatic heterocycles. The van der Waals surface area contributed by atoms with Crippen molar-refractivity contribution < 1.29 is 0 Å². The Balaban J connectivity index is 2.20. The number of rotatable bonds is 2. The van der Waals surface area contributed by atoms with Crippen molar-refractivity contribution >= 4 is 33.2 Å². The molecule has 0 saturated carbocycles. The minimum atomic E-state index is 0.815. The first kappa shape index (κ1) is 13.2. The number of hydrogen-bond donors (Lipinski definition) is 0. The molecule has 1 saturated heterocycles. The first-order valence-electron chi connectivity index (χ1n) is 5.98. The van der Waals surface area contributed by atoms with Crippen LogP contribution in [0.25, 0.3) is 0 Å². The zero-order valence-electron chi connectivity index (χ0n) is 10.1. The Kier molecular flexibility index (Phi) is 4.71. The molecule has 2 rings (SSSR count). The van der Waals surface area contributed by atoms with E-state index >= 15 is 0 Å². The van der Waals surface area contributed by atoms with Crippen molar-refractivity contribution in [2.24, 2.45) is 0 Å². The molecule has 1 aromatic rings. The van der Waals surface area contributed by atoms with Crippen LogP contribution in [-0.2, 0) is 5.33 Å². The van der Waals surface area contributed by atoms with Crippen LogP contribution in [0.15, 0.2) is 18.2 Å². The summed E-state index contributed by atoms with van der Waals surface area (Å²) >= 11 is 9.59. The minimum Gasteiger partial charge on any atom is -0.370 e. The number of nitrogens with zero attached hydrogens (tertiary/aromatic N) is 2. The normalized spacial score (nSPS) is 18.2. The number of hydrogen-bond acceptors (Lipinski definition) is 2. The van der Waals surface area contributed by atoms with Crippen LogP contribution in [0.3, 0.4) is 0 Å². The zero-order valence-corrected chi connectivity index (χ0v) is 12.5. The van der Waals surface area contributed by atoms with Gasteiger partial charge in [0.15, 0.2) is 0 Å². The molecule has 1 fully saturated rings. The van der Waals surface area contributed by atoms with Gasteiger partial charge in [0.05, 0.1) is 0 Å². The maximum Gasteiger partial charge on any atom is 0.0410 e. The van der Waals surface area contributed by atoms with Gasteiger partial charge in [-0.3, -0.25) is 0 Å². The second kappa shape index (κ2) is 6.07. The van der Waals surface area contributed by atoms with Gasteiger partial charge in [0.1, 0.15) is 0 Å². The van der Waals surface area contributed by atoms with Gasteiger partial charge >= 0.3 is 0 Å². The topological polar surface area (TPSA) is 6.48 Å². The molecule has 1 heterocycles. The summed E-state index contributed by atoms with van der Waals surface area (Å²) in [6.07, 6.45) is 1.22. The van der Waals surface area contributed by atoms with Crippen LogP contribution in [0, 0.1) is 0 Å². The van der Waals surface area contributed by atoms with E-state index in [4.69, 9.17) is 11.6 Å². The molecule has 0 amide bonds. The molecule has 0 N–H and O–H groups in total. The summed E-state index contributed by atoms with van der Waals surface area (Å²) < 4.78 is 0. The number of benzene rings is 1. The smallest absolute Gasteiger partial charge is 0.0410 e. The molecule has 0 bridgehead atoms. The summed E-state index contributed by atoms with van der Waals surface area (Å²) in [5.74, 6) is 0. The molecule has 0 unspecified atom stereocenters. The maximum atomic E-state index is 6.04. The fraction of sp³-hybridized carbons (Fsp3) is 0.538. The highest BCUT2D eigenvalue weighted by atomic mass is 79.9. The van der Waals surface area contributed by atoms with Gasteiger partial charge < -0.3 is 9.80 Å². The Bertz CT molecular complexity index is 384. The van der Waals surface area contributed by atoms with Gasteiger partial charge in [0, 0.05) is 35.7 Å². The Morgan fingerprint density at radius 3 is 2.82 bits per heavy atom. The summed E-state index contributed by atoms with van der Waals surface area (Å²) in [6.45, 7) is 4.54. The molecular weight excluding hydrogens is 300 g/mol. The van der Waals surface area contributed by atoms with Crippen LogP contribution < -0.4 is 4.90 Å². The van der Waals surface area contributed by atoms with Gasteiger partial charge in [-0.15, -0.1) is 0 Å². The van der Waals surface area contributed by atoms with Crippen molar-refractivity contribution in [3.63, 3.8) is 0 Å². The van der Waals surface area contributed by atoms with Crippen molar-refractivity contribution in [3.8, 4) is 0 Å². The minimum absolute atomic E-state index is 0.815. The lowest BCUT2D eigenvalue weighted by Crippen LogP contribution is -2.29. The molecule has 1 aromatic carbocycles. The molecule has 0 spiro atoms. The quantitative estimate of drug-likeness (QED) is 0.772. The molecule has 4 heteroatoms. The van der Waals surface area contributed by atoms with Gasteiger partial charge in [0.2, 0.25) is 0 Å². The van der Waals surface area contributed by atoms with E-state index in [1.165, 1.54) is 24.2 Å². The Morgan fingerprint density at radius 1 is 1.24 bits per heavy atom. The Hall–Kier alpha value is -0.250. The van der Waals surface area contributed by atoms with E-state index in [-0.39, 0.29) is 0 Å². The molecular formula is C13H18BrClN2. The molecule has 0 aromatic heterocycles. The van der Waals surface area contributed by atoms with E-state index in [2.05, 4.69) is 44.9 Å². The van der Waals surface area contributed by atoms with Crippen LogP contribution in [0.2, 0.25) is 5.02 Å². The highest BCUT2D eigenvalue weighted by Crippen LogP contribution is 2.27. The summed E-state index contributed by atoms with van der Waals surface area (Å²) in [6, 6.07) is 6.18.